The summed E-state index contributed by atoms with van der Waals surface area (Å²) in [6.07, 6.45) is 4.11. The molecule has 7 nitrogen and oxygen atoms in total. The van der Waals surface area contributed by atoms with Crippen molar-refractivity contribution in [1.29, 1.82) is 0 Å². The number of nitrogens with one attached hydrogen (secondary N) is 2. The number of phenolic OH excluding ortho intramolecular Hbond substituents is 1. The van der Waals surface area contributed by atoms with Gasteiger partial charge in [-0.15, -0.1) is 0 Å². The molecule has 2 aliphatic heterocycles. The van der Waals surface area contributed by atoms with Gasteiger partial charge in [0.15, 0.2) is 0 Å². The number of nitrogens with zero attached hydrogens (tertiary/aromatic N) is 1. The van der Waals surface area contributed by atoms with Crippen molar-refractivity contribution in [3.63, 3.8) is 0 Å². The zero-order valence-corrected chi connectivity index (χ0v) is 21.2. The van der Waals surface area contributed by atoms with E-state index in [0.717, 1.165) is 57.2 Å². The standard InChI is InChI=1S/C27H27N3O4Se/c1-17-23(26(32)28-9-11-30-10-2-3-12-34-30)15-21(35-17)16-24-22-8-7-19(14-25(22)29-27(24)33)18-5-4-6-20(31)13-18/h4-8,13-16,31H,2-3,9-12H2,1H3,(H,28,32)(H,29,33)/b24-16-. The van der Waals surface area contributed by atoms with Gasteiger partial charge < -0.3 is 0 Å². The van der Waals surface area contributed by atoms with Gasteiger partial charge in [-0.1, -0.05) is 0 Å². The summed E-state index contributed by atoms with van der Waals surface area (Å²) < 4.78 is 2.04. The maximum atomic E-state index is 12.8. The Balaban J connectivity index is 1.31. The van der Waals surface area contributed by atoms with Crippen molar-refractivity contribution in [3.05, 3.63) is 68.5 Å². The predicted molar refractivity (Wildman–Crippen MR) is 137 cm³/mol. The summed E-state index contributed by atoms with van der Waals surface area (Å²) in [5, 5.41) is 17.6. The Morgan fingerprint density at radius 2 is 2.06 bits per heavy atom. The van der Waals surface area contributed by atoms with Crippen LogP contribution < -0.4 is 10.6 Å². The van der Waals surface area contributed by atoms with E-state index in [1.807, 2.05) is 48.4 Å². The summed E-state index contributed by atoms with van der Waals surface area (Å²) in [6, 6.07) is 14.7. The van der Waals surface area contributed by atoms with E-state index in [1.54, 1.807) is 18.2 Å². The summed E-state index contributed by atoms with van der Waals surface area (Å²) in [5.74, 6) is -0.0331. The molecule has 2 aliphatic rings. The molecule has 180 valence electrons. The van der Waals surface area contributed by atoms with Crippen LogP contribution in [0.3, 0.4) is 0 Å². The van der Waals surface area contributed by atoms with E-state index in [9.17, 15) is 14.7 Å². The number of carbonyl (C=O) groups is 2. The fourth-order valence-corrected chi connectivity index (χ4v) is 6.39. The third kappa shape index (κ3) is 5.26. The molecule has 0 saturated carbocycles. The summed E-state index contributed by atoms with van der Waals surface area (Å²) in [5.41, 5.74) is 4.67. The van der Waals surface area contributed by atoms with Gasteiger partial charge in [0, 0.05) is 0 Å². The number of anilines is 1. The SMILES string of the molecule is Cc1[se]c(/C=C2\C(=O)Nc3cc(-c4cccc(O)c4)ccc32)cc1C(=O)NCCN1CCCCO1. The number of hydrogen-bond donors (Lipinski definition) is 3. The molecule has 0 unspecified atom stereocenters. The van der Waals surface area contributed by atoms with Gasteiger partial charge in [-0.2, -0.15) is 0 Å². The Bertz CT molecular complexity index is 1310. The molecule has 1 saturated heterocycles. The molecule has 8 heteroatoms. The normalized spacial score (nSPS) is 16.8. The quantitative estimate of drug-likeness (QED) is 0.331. The maximum absolute atomic E-state index is 12.8. The van der Waals surface area contributed by atoms with Crippen LogP contribution in [0.15, 0.2) is 48.5 Å². The molecule has 1 fully saturated rings. The number of phenols is 1. The van der Waals surface area contributed by atoms with Crippen LogP contribution >= 0.6 is 0 Å². The first kappa shape index (κ1) is 23.6. The second-order valence-corrected chi connectivity index (χ2v) is 11.4. The zero-order valence-electron chi connectivity index (χ0n) is 19.5. The number of amides is 2. The minimum atomic E-state index is -0.151. The molecular formula is C27H27N3O4Se. The molecule has 0 atom stereocenters. The number of fused-ring (bicyclic) bond motifs is 1. The fourth-order valence-electron chi connectivity index (χ4n) is 4.36. The van der Waals surface area contributed by atoms with E-state index < -0.39 is 0 Å². The average Bonchev–Trinajstić information content (AvgIpc) is 3.38. The van der Waals surface area contributed by atoms with E-state index in [0.29, 0.717) is 24.2 Å². The first-order chi connectivity index (χ1) is 17.0. The Labute approximate surface area is 210 Å². The molecule has 0 bridgehead atoms. The summed E-state index contributed by atoms with van der Waals surface area (Å²) >= 11 is -0.0137. The van der Waals surface area contributed by atoms with Crippen molar-refractivity contribution in [1.82, 2.24) is 10.4 Å². The van der Waals surface area contributed by atoms with Crippen LogP contribution in [0.4, 0.5) is 5.69 Å². The van der Waals surface area contributed by atoms with Crippen LogP contribution in [0.2, 0.25) is 0 Å². The molecule has 3 N–H and O–H groups in total. The molecule has 3 heterocycles. The fraction of sp³-hybridized carbons (Fsp3) is 0.259. The van der Waals surface area contributed by atoms with E-state index >= 15 is 0 Å². The molecule has 0 radical (unpaired) electrons. The van der Waals surface area contributed by atoms with Crippen molar-refractivity contribution in [2.75, 3.05) is 31.6 Å². The molecule has 3 aromatic rings. The molecule has 1 aromatic heterocycles. The van der Waals surface area contributed by atoms with E-state index in [1.165, 1.54) is 0 Å². The monoisotopic (exact) mass is 537 g/mol. The molecule has 0 aliphatic carbocycles. The molecule has 5 rings (SSSR count). The number of hydrogen-bond acceptors (Lipinski definition) is 5. The van der Waals surface area contributed by atoms with Gasteiger partial charge in [0.05, 0.1) is 0 Å². The number of benzene rings is 2. The van der Waals surface area contributed by atoms with Crippen LogP contribution in [0, 0.1) is 6.92 Å². The van der Waals surface area contributed by atoms with Crippen LogP contribution in [0.25, 0.3) is 22.8 Å². The van der Waals surface area contributed by atoms with Crippen molar-refractivity contribution >= 4 is 43.7 Å². The molecule has 2 amide bonds. The topological polar surface area (TPSA) is 90.9 Å². The molecule has 0 spiro atoms. The molecule has 2 aromatic carbocycles. The van der Waals surface area contributed by atoms with Crippen molar-refractivity contribution < 1.29 is 19.5 Å². The Morgan fingerprint density at radius 3 is 2.86 bits per heavy atom. The van der Waals surface area contributed by atoms with Crippen LogP contribution in [0.5, 0.6) is 5.75 Å². The van der Waals surface area contributed by atoms with Gasteiger partial charge in [-0.05, 0) is 0 Å². The second kappa shape index (κ2) is 10.2. The van der Waals surface area contributed by atoms with Crippen LogP contribution in [-0.2, 0) is 9.63 Å². The van der Waals surface area contributed by atoms with Gasteiger partial charge in [-0.25, -0.2) is 0 Å². The molecular weight excluding hydrogens is 509 g/mol. The van der Waals surface area contributed by atoms with Gasteiger partial charge in [0.25, 0.3) is 0 Å². The van der Waals surface area contributed by atoms with Gasteiger partial charge in [-0.3, -0.25) is 0 Å². The number of aryl methyl sites for hydroxylation is 1. The van der Waals surface area contributed by atoms with Gasteiger partial charge >= 0.3 is 210 Å². The number of aromatic hydroxyl groups is 1. The minimum absolute atomic E-state index is 0.0137. The average molecular weight is 536 g/mol. The third-order valence-corrected chi connectivity index (χ3v) is 8.27. The van der Waals surface area contributed by atoms with Gasteiger partial charge in [0.2, 0.25) is 0 Å². The number of rotatable bonds is 6. The number of hydroxylamine groups is 2. The van der Waals surface area contributed by atoms with E-state index in [4.69, 9.17) is 4.84 Å². The first-order valence-electron chi connectivity index (χ1n) is 11.7. The summed E-state index contributed by atoms with van der Waals surface area (Å²) in [4.78, 5) is 31.1. The van der Waals surface area contributed by atoms with E-state index in [-0.39, 0.29) is 32.1 Å². The first-order valence-corrected chi connectivity index (χ1v) is 13.4. The van der Waals surface area contributed by atoms with Crippen molar-refractivity contribution in [2.24, 2.45) is 0 Å². The number of carbonyl (C=O) groups excluding carboxylic acids is 2. The van der Waals surface area contributed by atoms with Crippen LogP contribution in [-0.4, -0.2) is 62.7 Å². The Morgan fingerprint density at radius 1 is 1.20 bits per heavy atom. The van der Waals surface area contributed by atoms with Crippen LogP contribution in [0.1, 0.15) is 37.6 Å². The third-order valence-electron chi connectivity index (χ3n) is 6.17. The summed E-state index contributed by atoms with van der Waals surface area (Å²) in [6.45, 7) is 4.83. The van der Waals surface area contributed by atoms with E-state index in [2.05, 4.69) is 10.6 Å². The predicted octanol–water partition coefficient (Wildman–Crippen LogP) is 3.67. The molecule has 35 heavy (non-hydrogen) atoms. The Hall–Kier alpha value is -3.16. The Kier molecular flexibility index (Phi) is 6.88. The zero-order chi connectivity index (χ0) is 24.4. The van der Waals surface area contributed by atoms with Crippen molar-refractivity contribution in [3.8, 4) is 16.9 Å². The van der Waals surface area contributed by atoms with Crippen molar-refractivity contribution in [2.45, 2.75) is 19.8 Å². The second-order valence-electron chi connectivity index (χ2n) is 8.67. The summed E-state index contributed by atoms with van der Waals surface area (Å²) in [7, 11) is 0. The van der Waals surface area contributed by atoms with Gasteiger partial charge in [0.1, 0.15) is 0 Å².